The SMILES string of the molecule is C.CC(C)C[C@@H](/C=C/[C@H](Cc1ccccc1)C(=O)NC1=NCCC(C)S1)NC(=O)OC(C)(C)C.CC[C@@H](C)/C(C)=C/[C@@H](C)C(=O)C[C@H](C(=O)NC1=NCCC(C)S1)C(C)C.CC[C@@H](C)/C(C)=C/[C@@H](C)C(=O)C[C@H](C(=O)N[C@@H](CCCNC(=O)OCc1ccccc1)C(=O)C[C@@H](CC(C)C)C(=O)NC1=NCCC(C)S1)C(C)C. The molecule has 0 radical (unpaired) electrons. The fourth-order valence-electron chi connectivity index (χ4n) is 12.4. The van der Waals surface area contributed by atoms with Gasteiger partial charge in [-0.15, -0.1) is 0 Å². The molecule has 0 fully saturated rings. The van der Waals surface area contributed by atoms with Gasteiger partial charge in [0.2, 0.25) is 23.6 Å². The Hall–Kier alpha value is -6.85. The number of hydrogen-bond donors (Lipinski definition) is 6. The highest BCUT2D eigenvalue weighted by Crippen LogP contribution is 2.29. The number of nitrogens with zero attached hydrogens (tertiary/aromatic N) is 3. The van der Waals surface area contributed by atoms with Crippen molar-refractivity contribution in [1.82, 2.24) is 31.9 Å². The number of carbonyl (C=O) groups excluding carboxylic acids is 9. The largest absolute Gasteiger partial charge is 0.445 e. The van der Waals surface area contributed by atoms with Crippen molar-refractivity contribution in [2.24, 2.45) is 86.0 Å². The van der Waals surface area contributed by atoms with E-state index in [1.54, 1.807) is 23.5 Å². The Labute approximate surface area is 687 Å². The Kier molecular flexibility index (Phi) is 48.2. The van der Waals surface area contributed by atoms with Gasteiger partial charge in [-0.1, -0.05) is 257 Å². The van der Waals surface area contributed by atoms with Crippen LogP contribution in [0.1, 0.15) is 248 Å². The van der Waals surface area contributed by atoms with Crippen LogP contribution in [-0.2, 0) is 56.1 Å². The van der Waals surface area contributed by atoms with E-state index in [4.69, 9.17) is 9.47 Å². The molecular formula is C89H143N9O11S3. The van der Waals surface area contributed by atoms with E-state index in [0.29, 0.717) is 74.8 Å². The first kappa shape index (κ1) is 101. The molecule has 0 aliphatic carbocycles. The minimum atomic E-state index is -0.903. The number of carbonyl (C=O) groups is 9. The van der Waals surface area contributed by atoms with Crippen molar-refractivity contribution in [3.8, 4) is 0 Å². The van der Waals surface area contributed by atoms with Gasteiger partial charge in [0.25, 0.3) is 0 Å². The standard InChI is InChI=1S/C41H64N4O6S.C26H39N3O3S.C21H36N2O2S.CH4/c1-10-28(6)29(7)22-30(8)36(46)24-34(27(4)5)39(49)44-35(17-14-19-43-41(50)51-25-32-15-12-11-13-16-32)37(47)23-33(21-26(2)3)38(48)45-40-42-20-18-31(9)52-40;1-18(2)16-22(28-25(31)32-26(4,5)6)13-12-21(17-20-10-8-7-9-11-20)23(30)29-24-27-15-14-19(3)33-24;1-8-14(4)15(5)11-16(6)19(24)12-18(13(2)3)20(25)23-21-22-10-9-17(7)26-21;/h11-13,15-16,22,26-28,30-31,33-35H,10,14,17-21,23-25H2,1-9H3,(H,43,50)(H,44,49)(H,42,45,48);7-13,18-19,21-22H,14-17H2,1-6H3,(H,28,31)(H,27,29,30);11,13-14,16-18H,8-10,12H2,1-7H3,(H,22,23,25);1H4/b29-22+;13-12+;15-11+;/t28-,30-,31?,33-,34+,35+;19?,21-,22-;14-,16-,17?,18+;/m111./s1. The topological polar surface area (TPSA) is 281 Å². The van der Waals surface area contributed by atoms with Gasteiger partial charge < -0.3 is 41.4 Å². The highest BCUT2D eigenvalue weighted by Gasteiger charge is 2.35. The van der Waals surface area contributed by atoms with Crippen molar-refractivity contribution in [1.29, 1.82) is 0 Å². The van der Waals surface area contributed by atoms with Crippen LogP contribution in [0.5, 0.6) is 0 Å². The average Bonchev–Trinajstić information content (AvgIpc) is 0.806. The number of Topliss-reactive ketones (excluding diaryl/α,β-unsaturated/α-hetero) is 3. The molecule has 628 valence electrons. The highest BCUT2D eigenvalue weighted by molar-refractivity contribution is 8.15. The molecule has 0 aromatic heterocycles. The molecule has 13 atom stereocenters. The molecule has 112 heavy (non-hydrogen) atoms. The number of thioether (sulfide) groups is 3. The molecule has 0 bridgehead atoms. The summed E-state index contributed by atoms with van der Waals surface area (Å²) in [5.41, 5.74) is 3.78. The number of amidine groups is 3. The minimum absolute atomic E-state index is 0. The van der Waals surface area contributed by atoms with E-state index < -0.39 is 35.7 Å². The molecule has 3 heterocycles. The third kappa shape index (κ3) is 41.4. The molecule has 0 spiro atoms. The molecule has 6 N–H and O–H groups in total. The van der Waals surface area contributed by atoms with Gasteiger partial charge in [0.15, 0.2) is 21.3 Å². The van der Waals surface area contributed by atoms with Gasteiger partial charge in [0, 0.05) is 90.8 Å². The second-order valence-electron chi connectivity index (χ2n) is 33.0. The summed E-state index contributed by atoms with van der Waals surface area (Å²) in [4.78, 5) is 131. The molecule has 20 nitrogen and oxygen atoms in total. The molecule has 5 rings (SSSR count). The third-order valence-electron chi connectivity index (χ3n) is 20.0. The van der Waals surface area contributed by atoms with E-state index in [0.717, 1.165) is 68.3 Å². The van der Waals surface area contributed by atoms with Crippen LogP contribution in [0.4, 0.5) is 9.59 Å². The first-order valence-electron chi connectivity index (χ1n) is 40.7. The van der Waals surface area contributed by atoms with E-state index in [1.807, 2.05) is 162 Å². The molecule has 3 aliphatic heterocycles. The number of rotatable bonds is 37. The Morgan fingerprint density at radius 2 is 0.973 bits per heavy atom. The van der Waals surface area contributed by atoms with Gasteiger partial charge in [0.1, 0.15) is 23.8 Å². The van der Waals surface area contributed by atoms with Crippen molar-refractivity contribution < 1.29 is 52.6 Å². The summed E-state index contributed by atoms with van der Waals surface area (Å²) >= 11 is 4.73. The van der Waals surface area contributed by atoms with E-state index >= 15 is 0 Å². The van der Waals surface area contributed by atoms with Gasteiger partial charge in [-0.25, -0.2) is 9.59 Å². The molecule has 3 aliphatic rings. The lowest BCUT2D eigenvalue weighted by Gasteiger charge is -2.26. The number of allylic oxidation sites excluding steroid dienone is 4. The lowest BCUT2D eigenvalue weighted by molar-refractivity contribution is -0.135. The van der Waals surface area contributed by atoms with Crippen molar-refractivity contribution >= 4 is 104 Å². The van der Waals surface area contributed by atoms with Crippen LogP contribution in [0, 0.1) is 71.0 Å². The summed E-state index contributed by atoms with van der Waals surface area (Å²) in [5, 5.41) is 20.8. The monoisotopic (exact) mass is 1610 g/mol. The number of nitrogens with one attached hydrogen (secondary N) is 6. The Morgan fingerprint density at radius 1 is 0.536 bits per heavy atom. The highest BCUT2D eigenvalue weighted by atomic mass is 32.2. The zero-order valence-electron chi connectivity index (χ0n) is 71.2. The molecule has 23 heteroatoms. The zero-order chi connectivity index (χ0) is 83.1. The normalized spacial score (nSPS) is 18.7. The second-order valence-corrected chi connectivity index (χ2v) is 37.3. The van der Waals surface area contributed by atoms with Crippen LogP contribution in [0.25, 0.3) is 0 Å². The number of ether oxygens (including phenoxy) is 2. The summed E-state index contributed by atoms with van der Waals surface area (Å²) in [6.07, 6.45) is 14.6. The van der Waals surface area contributed by atoms with E-state index in [9.17, 15) is 43.2 Å². The molecule has 6 amide bonds. The number of ketones is 3. The maximum atomic E-state index is 14.0. The predicted molar refractivity (Wildman–Crippen MR) is 467 cm³/mol. The van der Waals surface area contributed by atoms with Gasteiger partial charge in [-0.2, -0.15) is 0 Å². The number of benzene rings is 2. The quantitative estimate of drug-likeness (QED) is 0.0271. The van der Waals surface area contributed by atoms with Crippen LogP contribution >= 0.6 is 35.3 Å². The van der Waals surface area contributed by atoms with Crippen molar-refractivity contribution in [3.63, 3.8) is 0 Å². The Balaban J connectivity index is 0.000000609. The summed E-state index contributed by atoms with van der Waals surface area (Å²) in [7, 11) is 0. The maximum absolute atomic E-state index is 14.0. The number of alkyl carbamates (subject to hydrolysis) is 2. The van der Waals surface area contributed by atoms with Gasteiger partial charge in [-0.05, 0) is 145 Å². The third-order valence-corrected chi connectivity index (χ3v) is 23.3. The number of aliphatic imine (C=N–C) groups is 3. The fraction of sp³-hybridized carbons (Fsp3) is 0.663. The smallest absolute Gasteiger partial charge is 0.408 e. The molecule has 2 aromatic rings. The van der Waals surface area contributed by atoms with Crippen molar-refractivity contribution in [3.05, 3.63) is 107 Å². The molecule has 2 aromatic carbocycles. The molecule has 0 saturated heterocycles. The molecule has 0 saturated carbocycles. The summed E-state index contributed by atoms with van der Waals surface area (Å²) in [5.74, 6) is -2.04. The Morgan fingerprint density at radius 3 is 1.40 bits per heavy atom. The lowest BCUT2D eigenvalue weighted by Crippen LogP contribution is -2.47. The van der Waals surface area contributed by atoms with Crippen molar-refractivity contribution in [2.45, 2.75) is 283 Å². The van der Waals surface area contributed by atoms with E-state index in [-0.39, 0.29) is 135 Å². The first-order valence-corrected chi connectivity index (χ1v) is 43.4. The summed E-state index contributed by atoms with van der Waals surface area (Å²) < 4.78 is 10.7. The van der Waals surface area contributed by atoms with Gasteiger partial charge in [0.05, 0.1) is 18.0 Å². The van der Waals surface area contributed by atoms with E-state index in [2.05, 4.69) is 122 Å². The predicted octanol–water partition coefficient (Wildman–Crippen LogP) is 18.5. The van der Waals surface area contributed by atoms with Crippen LogP contribution in [0.3, 0.4) is 0 Å². The van der Waals surface area contributed by atoms with Crippen LogP contribution in [0.15, 0.2) is 111 Å². The van der Waals surface area contributed by atoms with Crippen molar-refractivity contribution in [2.75, 3.05) is 26.2 Å². The summed E-state index contributed by atoms with van der Waals surface area (Å²) in [6, 6.07) is 18.2. The second kappa shape index (κ2) is 53.3. The Bertz CT molecular complexity index is 3440. The van der Waals surface area contributed by atoms with Crippen LogP contribution < -0.4 is 31.9 Å². The summed E-state index contributed by atoms with van der Waals surface area (Å²) in [6.45, 7) is 46.9. The van der Waals surface area contributed by atoms with E-state index in [1.165, 1.54) is 17.3 Å². The average molecular weight is 1610 g/mol. The number of hydrogen-bond acceptors (Lipinski definition) is 17. The van der Waals surface area contributed by atoms with Crippen LogP contribution in [-0.4, -0.2) is 128 Å². The maximum Gasteiger partial charge on any atom is 0.408 e. The fourth-order valence-corrected chi connectivity index (χ4v) is 15.2. The van der Waals surface area contributed by atoms with Gasteiger partial charge in [-0.3, -0.25) is 48.5 Å². The number of amides is 6. The van der Waals surface area contributed by atoms with Crippen LogP contribution in [0.2, 0.25) is 0 Å². The molecule has 3 unspecified atom stereocenters. The van der Waals surface area contributed by atoms with Gasteiger partial charge >= 0.3 is 12.2 Å². The lowest BCUT2D eigenvalue weighted by atomic mass is 9.85. The first-order chi connectivity index (χ1) is 52.3. The molecular weight excluding hydrogens is 1470 g/mol. The zero-order valence-corrected chi connectivity index (χ0v) is 73.6. The minimum Gasteiger partial charge on any atom is -0.445 e.